The molecule has 3 aromatic rings. The summed E-state index contributed by atoms with van der Waals surface area (Å²) < 4.78 is 31.1. The summed E-state index contributed by atoms with van der Waals surface area (Å²) in [6.45, 7) is 10.1. The van der Waals surface area contributed by atoms with Gasteiger partial charge in [0, 0.05) is 0 Å². The Bertz CT molecular complexity index is 1070. The molecule has 1 atom stereocenters. The average Bonchev–Trinajstić information content (AvgIpc) is 2.84. The fourth-order valence-electron chi connectivity index (χ4n) is 3.31. The Labute approximate surface area is 208 Å². The number of carbonyl (C=O) groups is 1. The van der Waals surface area contributed by atoms with Crippen molar-refractivity contribution in [2.24, 2.45) is 0 Å². The maximum Gasteiger partial charge on any atom is 0.452 e. The molecule has 0 radical (unpaired) electrons. The second-order valence-corrected chi connectivity index (χ2v) is 11.3. The Morgan fingerprint density at radius 1 is 0.743 bits per heavy atom. The molecule has 0 heterocycles. The van der Waals surface area contributed by atoms with Gasteiger partial charge in [-0.2, -0.15) is 0 Å². The van der Waals surface area contributed by atoms with Gasteiger partial charge in [-0.3, -0.25) is 0 Å². The van der Waals surface area contributed by atoms with Crippen molar-refractivity contribution in [1.82, 2.24) is 5.32 Å². The fraction of sp³-hybridized carbons (Fsp3) is 0.321. The van der Waals surface area contributed by atoms with Crippen LogP contribution in [0.4, 0.5) is 4.79 Å². The number of hydrogen-bond donors (Lipinski definition) is 1. The minimum absolute atomic E-state index is 0.0960. The normalized spacial score (nSPS) is 12.3. The van der Waals surface area contributed by atoms with E-state index < -0.39 is 19.5 Å². The largest absolute Gasteiger partial charge is 0.452 e. The van der Waals surface area contributed by atoms with Crippen LogP contribution in [0.5, 0.6) is 11.5 Å². The summed E-state index contributed by atoms with van der Waals surface area (Å²) in [6, 6.07) is 24.1. The maximum atomic E-state index is 14.0. The third-order valence-electron chi connectivity index (χ3n) is 5.57. The number of amides is 1. The van der Waals surface area contributed by atoms with Gasteiger partial charge in [-0.15, -0.1) is 0 Å². The lowest BCUT2D eigenvalue weighted by atomic mass is 10.0. The lowest BCUT2D eigenvalue weighted by Gasteiger charge is -2.26. The number of benzene rings is 3. The molecule has 0 aliphatic rings. The average molecular weight is 496 g/mol. The maximum absolute atomic E-state index is 14.0. The van der Waals surface area contributed by atoms with Gasteiger partial charge in [-0.1, -0.05) is 82.3 Å². The number of rotatable bonds is 10. The van der Waals surface area contributed by atoms with Crippen LogP contribution >= 0.6 is 7.60 Å². The molecule has 0 bridgehead atoms. The van der Waals surface area contributed by atoms with Crippen molar-refractivity contribution in [3.05, 3.63) is 95.6 Å². The monoisotopic (exact) mass is 495 g/mol. The van der Waals surface area contributed by atoms with E-state index in [1.165, 1.54) is 0 Å². The van der Waals surface area contributed by atoms with Gasteiger partial charge in [-0.05, 0) is 59.7 Å². The first-order valence-corrected chi connectivity index (χ1v) is 13.4. The van der Waals surface area contributed by atoms with Crippen molar-refractivity contribution in [1.29, 1.82) is 0 Å². The van der Waals surface area contributed by atoms with E-state index in [2.05, 4.69) is 33.0 Å². The highest BCUT2D eigenvalue weighted by Gasteiger charge is 2.38. The number of alkyl carbamates (subject to hydrolysis) is 1. The predicted octanol–water partition coefficient (Wildman–Crippen LogP) is 7.86. The Kier molecular flexibility index (Phi) is 9.00. The molecular weight excluding hydrogens is 461 g/mol. The van der Waals surface area contributed by atoms with E-state index in [9.17, 15) is 9.36 Å². The van der Waals surface area contributed by atoms with Gasteiger partial charge in [-0.25, -0.2) is 9.36 Å². The smallest absolute Gasteiger partial charge is 0.445 e. The van der Waals surface area contributed by atoms with Gasteiger partial charge in [0.25, 0.3) is 0 Å². The van der Waals surface area contributed by atoms with Gasteiger partial charge in [0.1, 0.15) is 18.1 Å². The molecule has 0 saturated carbocycles. The van der Waals surface area contributed by atoms with Crippen LogP contribution in [0, 0.1) is 0 Å². The molecule has 186 valence electrons. The topological polar surface area (TPSA) is 73.9 Å². The molecule has 0 saturated heterocycles. The van der Waals surface area contributed by atoms with Crippen LogP contribution in [0.15, 0.2) is 78.9 Å². The van der Waals surface area contributed by atoms with Crippen molar-refractivity contribution < 1.29 is 23.1 Å². The minimum atomic E-state index is -3.89. The summed E-state index contributed by atoms with van der Waals surface area (Å²) >= 11 is 0. The summed E-state index contributed by atoms with van der Waals surface area (Å²) in [5.74, 6) is 0.518. The molecule has 35 heavy (non-hydrogen) atoms. The van der Waals surface area contributed by atoms with E-state index in [1.807, 2.05) is 54.6 Å². The van der Waals surface area contributed by atoms with Gasteiger partial charge in [0.2, 0.25) is 0 Å². The van der Waals surface area contributed by atoms with E-state index in [0.29, 0.717) is 23.3 Å². The van der Waals surface area contributed by atoms with Crippen LogP contribution in [0.3, 0.4) is 0 Å². The summed E-state index contributed by atoms with van der Waals surface area (Å²) in [7, 11) is -3.89. The van der Waals surface area contributed by atoms with Gasteiger partial charge in [0.15, 0.2) is 5.78 Å². The summed E-state index contributed by atoms with van der Waals surface area (Å²) in [5, 5.41) is 2.62. The summed E-state index contributed by atoms with van der Waals surface area (Å²) in [5.41, 5.74) is 3.11. The Morgan fingerprint density at radius 2 is 1.20 bits per heavy atom. The molecule has 3 rings (SSSR count). The van der Waals surface area contributed by atoms with E-state index in [4.69, 9.17) is 13.8 Å². The molecule has 0 spiro atoms. The number of ether oxygens (including phenoxy) is 1. The number of carbonyl (C=O) groups excluding carboxylic acids is 1. The van der Waals surface area contributed by atoms with E-state index in [1.54, 1.807) is 31.2 Å². The molecule has 1 N–H and O–H groups in total. The Balaban J connectivity index is 1.77. The zero-order valence-electron chi connectivity index (χ0n) is 20.9. The highest BCUT2D eigenvalue weighted by atomic mass is 31.2. The zero-order chi connectivity index (χ0) is 25.4. The third kappa shape index (κ3) is 7.63. The fourth-order valence-corrected chi connectivity index (χ4v) is 4.76. The standard InChI is InChI=1S/C28H34NO5P/c1-20(2)24-11-15-26(16-12-24)33-35(31,34-27-17-13-25(14-18-27)21(3)4)22(5)29-28(30)32-19-23-9-7-6-8-10-23/h6-18,20-22H,19H2,1-5H3,(H,29,30)/t22-/m0/s1. The molecule has 0 aliphatic heterocycles. The highest BCUT2D eigenvalue weighted by Crippen LogP contribution is 2.52. The van der Waals surface area contributed by atoms with Crippen molar-refractivity contribution >= 4 is 13.7 Å². The van der Waals surface area contributed by atoms with Crippen LogP contribution in [-0.4, -0.2) is 11.9 Å². The molecule has 0 unspecified atom stereocenters. The van der Waals surface area contributed by atoms with Crippen molar-refractivity contribution in [3.63, 3.8) is 0 Å². The minimum Gasteiger partial charge on any atom is -0.445 e. The van der Waals surface area contributed by atoms with Gasteiger partial charge < -0.3 is 19.1 Å². The molecule has 1 amide bonds. The number of nitrogens with one attached hydrogen (secondary N) is 1. The lowest BCUT2D eigenvalue weighted by molar-refractivity contribution is 0.138. The summed E-state index contributed by atoms with van der Waals surface area (Å²) in [6.07, 6.45) is -0.709. The van der Waals surface area contributed by atoms with E-state index in [0.717, 1.165) is 16.7 Å². The highest BCUT2D eigenvalue weighted by molar-refractivity contribution is 7.55. The predicted molar refractivity (Wildman–Crippen MR) is 139 cm³/mol. The first-order valence-electron chi connectivity index (χ1n) is 11.8. The van der Waals surface area contributed by atoms with Gasteiger partial charge in [0.05, 0.1) is 0 Å². The molecule has 3 aromatic carbocycles. The first kappa shape index (κ1) is 26.4. The quantitative estimate of drug-likeness (QED) is 0.290. The van der Waals surface area contributed by atoms with Crippen LogP contribution in [0.1, 0.15) is 63.1 Å². The van der Waals surface area contributed by atoms with Crippen molar-refractivity contribution in [2.45, 2.75) is 58.8 Å². The van der Waals surface area contributed by atoms with E-state index in [-0.39, 0.29) is 6.61 Å². The Hall–Kier alpha value is -3.24. The zero-order valence-corrected chi connectivity index (χ0v) is 21.8. The van der Waals surface area contributed by atoms with Crippen LogP contribution < -0.4 is 14.4 Å². The van der Waals surface area contributed by atoms with Crippen LogP contribution in [-0.2, 0) is 15.9 Å². The second kappa shape index (κ2) is 11.9. The molecule has 7 heteroatoms. The molecule has 0 aliphatic carbocycles. The van der Waals surface area contributed by atoms with Crippen LogP contribution in [0.2, 0.25) is 0 Å². The summed E-state index contributed by atoms with van der Waals surface area (Å²) in [4.78, 5) is 12.5. The lowest BCUT2D eigenvalue weighted by Crippen LogP contribution is -2.35. The van der Waals surface area contributed by atoms with Gasteiger partial charge >= 0.3 is 13.7 Å². The first-order chi connectivity index (χ1) is 16.7. The number of hydrogen-bond acceptors (Lipinski definition) is 5. The van der Waals surface area contributed by atoms with Crippen LogP contribution in [0.25, 0.3) is 0 Å². The molecular formula is C28H34NO5P. The van der Waals surface area contributed by atoms with E-state index >= 15 is 0 Å². The molecule has 0 aromatic heterocycles. The van der Waals surface area contributed by atoms with Crippen molar-refractivity contribution in [2.75, 3.05) is 0 Å². The molecule has 6 nitrogen and oxygen atoms in total. The SMILES string of the molecule is CC(C)c1ccc(OP(=O)(Oc2ccc(C(C)C)cc2)[C@@H](C)NC(=O)OCc2ccccc2)cc1. The molecule has 0 fully saturated rings. The second-order valence-electron chi connectivity index (χ2n) is 9.05. The van der Waals surface area contributed by atoms with Crippen molar-refractivity contribution in [3.8, 4) is 11.5 Å². The Morgan fingerprint density at radius 3 is 1.63 bits per heavy atom. The third-order valence-corrected chi connectivity index (χ3v) is 7.58.